The van der Waals surface area contributed by atoms with Crippen LogP contribution in [0.15, 0.2) is 0 Å². The maximum atomic E-state index is 11.4. The van der Waals surface area contributed by atoms with Crippen LogP contribution in [0.5, 0.6) is 0 Å². The molecule has 2 atom stereocenters. The summed E-state index contributed by atoms with van der Waals surface area (Å²) in [7, 11) is 1.31. The van der Waals surface area contributed by atoms with Crippen LogP contribution in [0.25, 0.3) is 0 Å². The fourth-order valence-corrected chi connectivity index (χ4v) is 1.76. The van der Waals surface area contributed by atoms with Crippen LogP contribution in [0, 0.1) is 5.92 Å². The molecular formula is C11H20N2O4. The minimum absolute atomic E-state index is 0.244. The highest BCUT2D eigenvalue weighted by atomic mass is 16.5. The van der Waals surface area contributed by atoms with Crippen LogP contribution in [-0.4, -0.2) is 51.3 Å². The van der Waals surface area contributed by atoms with Gasteiger partial charge in [0.25, 0.3) is 0 Å². The van der Waals surface area contributed by atoms with Crippen molar-refractivity contribution < 1.29 is 19.1 Å². The highest BCUT2D eigenvalue weighted by Crippen LogP contribution is 2.10. The van der Waals surface area contributed by atoms with E-state index in [2.05, 4.69) is 15.4 Å². The average Bonchev–Trinajstić information content (AvgIpc) is 2.79. The van der Waals surface area contributed by atoms with Crippen molar-refractivity contribution in [2.45, 2.75) is 19.4 Å². The number of methoxy groups -OCH3 is 1. The summed E-state index contributed by atoms with van der Waals surface area (Å²) in [6.45, 7) is 4.10. The molecule has 1 aliphatic rings. The Labute approximate surface area is 101 Å². The predicted molar refractivity (Wildman–Crippen MR) is 61.4 cm³/mol. The molecule has 1 saturated heterocycles. The van der Waals surface area contributed by atoms with E-state index in [9.17, 15) is 9.59 Å². The molecule has 0 spiro atoms. The molecule has 0 bridgehead atoms. The lowest BCUT2D eigenvalue weighted by atomic mass is 10.1. The first kappa shape index (κ1) is 13.9. The molecule has 1 fully saturated rings. The number of hydrogen-bond acceptors (Lipinski definition) is 5. The van der Waals surface area contributed by atoms with Crippen molar-refractivity contribution in [1.82, 2.24) is 10.6 Å². The number of amides is 1. The van der Waals surface area contributed by atoms with Gasteiger partial charge in [0.15, 0.2) is 0 Å². The van der Waals surface area contributed by atoms with Crippen molar-refractivity contribution in [2.75, 3.05) is 33.4 Å². The summed E-state index contributed by atoms with van der Waals surface area (Å²) in [5, 5.41) is 5.70. The third kappa shape index (κ3) is 5.14. The van der Waals surface area contributed by atoms with E-state index in [0.29, 0.717) is 12.5 Å². The summed E-state index contributed by atoms with van der Waals surface area (Å²) in [6, 6.07) is -0.625. The molecule has 17 heavy (non-hydrogen) atoms. The lowest BCUT2D eigenvalue weighted by molar-refractivity contribution is -0.144. The van der Waals surface area contributed by atoms with Crippen LogP contribution in [0.1, 0.15) is 13.3 Å². The van der Waals surface area contributed by atoms with Crippen molar-refractivity contribution in [1.29, 1.82) is 0 Å². The van der Waals surface area contributed by atoms with E-state index < -0.39 is 12.0 Å². The number of nitrogens with one attached hydrogen (secondary N) is 2. The van der Waals surface area contributed by atoms with Crippen molar-refractivity contribution >= 4 is 11.9 Å². The molecule has 98 valence electrons. The third-order valence-electron chi connectivity index (χ3n) is 2.67. The van der Waals surface area contributed by atoms with E-state index in [0.717, 1.165) is 26.2 Å². The van der Waals surface area contributed by atoms with Gasteiger partial charge in [-0.3, -0.25) is 4.79 Å². The van der Waals surface area contributed by atoms with Gasteiger partial charge in [-0.25, -0.2) is 4.79 Å². The van der Waals surface area contributed by atoms with E-state index in [1.165, 1.54) is 14.0 Å². The summed E-state index contributed by atoms with van der Waals surface area (Å²) in [5.41, 5.74) is 0. The van der Waals surface area contributed by atoms with Crippen LogP contribution < -0.4 is 10.6 Å². The highest BCUT2D eigenvalue weighted by Gasteiger charge is 2.21. The SMILES string of the molecule is COC(=O)C(CNCC1CCOC1)NC(C)=O. The van der Waals surface area contributed by atoms with E-state index in [1.54, 1.807) is 0 Å². The summed E-state index contributed by atoms with van der Waals surface area (Å²) in [5.74, 6) is -0.188. The second-order valence-corrected chi connectivity index (χ2v) is 4.16. The monoisotopic (exact) mass is 244 g/mol. The average molecular weight is 244 g/mol. The molecule has 0 aromatic heterocycles. The van der Waals surface area contributed by atoms with E-state index in [1.807, 2.05) is 0 Å². The molecule has 6 nitrogen and oxygen atoms in total. The van der Waals surface area contributed by atoms with Crippen molar-refractivity contribution in [3.05, 3.63) is 0 Å². The fraction of sp³-hybridized carbons (Fsp3) is 0.818. The lowest BCUT2D eigenvalue weighted by Crippen LogP contribution is -2.47. The minimum Gasteiger partial charge on any atom is -0.467 e. The second kappa shape index (κ2) is 7.24. The maximum Gasteiger partial charge on any atom is 0.329 e. The van der Waals surface area contributed by atoms with Crippen LogP contribution in [0.3, 0.4) is 0 Å². The summed E-state index contributed by atoms with van der Waals surface area (Å²) < 4.78 is 9.86. The predicted octanol–water partition coefficient (Wildman–Crippen LogP) is -0.710. The van der Waals surface area contributed by atoms with E-state index in [4.69, 9.17) is 4.74 Å². The molecule has 2 N–H and O–H groups in total. The zero-order chi connectivity index (χ0) is 12.7. The number of carbonyl (C=O) groups is 2. The van der Waals surface area contributed by atoms with Gasteiger partial charge in [-0.2, -0.15) is 0 Å². The van der Waals surface area contributed by atoms with Crippen LogP contribution in [-0.2, 0) is 19.1 Å². The Morgan fingerprint density at radius 1 is 1.53 bits per heavy atom. The standard InChI is InChI=1S/C11H20N2O4/c1-8(14)13-10(11(15)16-2)6-12-5-9-3-4-17-7-9/h9-10,12H,3-7H2,1-2H3,(H,13,14). The van der Waals surface area contributed by atoms with Crippen LogP contribution >= 0.6 is 0 Å². The van der Waals surface area contributed by atoms with E-state index in [-0.39, 0.29) is 5.91 Å². The molecule has 0 aromatic rings. The number of hydrogen-bond donors (Lipinski definition) is 2. The van der Waals surface area contributed by atoms with Gasteiger partial charge >= 0.3 is 5.97 Å². The molecule has 1 aliphatic heterocycles. The van der Waals surface area contributed by atoms with Gasteiger partial charge in [0, 0.05) is 26.6 Å². The van der Waals surface area contributed by atoms with Gasteiger partial charge in [-0.15, -0.1) is 0 Å². The van der Waals surface area contributed by atoms with Crippen LogP contribution in [0.4, 0.5) is 0 Å². The van der Waals surface area contributed by atoms with Gasteiger partial charge in [0.2, 0.25) is 5.91 Å². The molecule has 0 radical (unpaired) electrons. The van der Waals surface area contributed by atoms with E-state index >= 15 is 0 Å². The molecule has 1 heterocycles. The first-order chi connectivity index (χ1) is 8.13. The number of rotatable bonds is 6. The number of carbonyl (C=O) groups excluding carboxylic acids is 2. The van der Waals surface area contributed by atoms with Crippen molar-refractivity contribution in [2.24, 2.45) is 5.92 Å². The Bertz CT molecular complexity index is 264. The zero-order valence-corrected chi connectivity index (χ0v) is 10.3. The highest BCUT2D eigenvalue weighted by molar-refractivity contribution is 5.83. The summed E-state index contributed by atoms with van der Waals surface area (Å²) in [4.78, 5) is 22.3. The maximum absolute atomic E-state index is 11.4. The quantitative estimate of drug-likeness (QED) is 0.604. The molecule has 0 aromatic carbocycles. The van der Waals surface area contributed by atoms with Gasteiger partial charge in [0.1, 0.15) is 6.04 Å². The molecule has 2 unspecified atom stereocenters. The Kier molecular flexibility index (Phi) is 5.93. The molecule has 6 heteroatoms. The zero-order valence-electron chi connectivity index (χ0n) is 10.3. The Hall–Kier alpha value is -1.14. The second-order valence-electron chi connectivity index (χ2n) is 4.16. The third-order valence-corrected chi connectivity index (χ3v) is 2.67. The minimum atomic E-state index is -0.625. The fourth-order valence-electron chi connectivity index (χ4n) is 1.76. The topological polar surface area (TPSA) is 76.7 Å². The summed E-state index contributed by atoms with van der Waals surface area (Å²) >= 11 is 0. The Morgan fingerprint density at radius 2 is 2.29 bits per heavy atom. The van der Waals surface area contributed by atoms with Crippen molar-refractivity contribution in [3.63, 3.8) is 0 Å². The molecule has 0 saturated carbocycles. The number of ether oxygens (including phenoxy) is 2. The normalized spacial score (nSPS) is 20.9. The molecular weight excluding hydrogens is 224 g/mol. The van der Waals surface area contributed by atoms with Gasteiger partial charge in [-0.1, -0.05) is 0 Å². The van der Waals surface area contributed by atoms with Gasteiger partial charge in [0.05, 0.1) is 13.7 Å². The molecule has 1 amide bonds. The van der Waals surface area contributed by atoms with Gasteiger partial charge < -0.3 is 20.1 Å². The lowest BCUT2D eigenvalue weighted by Gasteiger charge is -2.17. The first-order valence-corrected chi connectivity index (χ1v) is 5.77. The largest absolute Gasteiger partial charge is 0.467 e. The Morgan fingerprint density at radius 3 is 2.82 bits per heavy atom. The van der Waals surface area contributed by atoms with Gasteiger partial charge in [-0.05, 0) is 12.3 Å². The smallest absolute Gasteiger partial charge is 0.329 e. The van der Waals surface area contributed by atoms with Crippen LogP contribution in [0.2, 0.25) is 0 Å². The first-order valence-electron chi connectivity index (χ1n) is 5.77. The number of esters is 1. The van der Waals surface area contributed by atoms with Crippen molar-refractivity contribution in [3.8, 4) is 0 Å². The molecule has 0 aliphatic carbocycles. The molecule has 1 rings (SSSR count). The Balaban J connectivity index is 2.27. The summed E-state index contributed by atoms with van der Waals surface area (Å²) in [6.07, 6.45) is 1.04.